The van der Waals surface area contributed by atoms with E-state index in [1.54, 1.807) is 7.11 Å². The number of benzene rings is 1. The van der Waals surface area contributed by atoms with Gasteiger partial charge in [0.25, 0.3) is 0 Å². The molecule has 19 heavy (non-hydrogen) atoms. The van der Waals surface area contributed by atoms with Gasteiger partial charge in [0.15, 0.2) is 0 Å². The first kappa shape index (κ1) is 14.6. The molecule has 1 aliphatic rings. The Hall–Kier alpha value is -0.770. The zero-order chi connectivity index (χ0) is 13.8. The van der Waals surface area contributed by atoms with E-state index in [-0.39, 0.29) is 6.04 Å². The molecule has 0 aliphatic carbocycles. The Morgan fingerprint density at radius 2 is 2.11 bits per heavy atom. The summed E-state index contributed by atoms with van der Waals surface area (Å²) in [7, 11) is 1.79. The van der Waals surface area contributed by atoms with Gasteiger partial charge in [-0.15, -0.1) is 0 Å². The normalized spacial score (nSPS) is 18.6. The van der Waals surface area contributed by atoms with Crippen molar-refractivity contribution in [1.82, 2.24) is 0 Å². The molecule has 2 rings (SSSR count). The zero-order valence-electron chi connectivity index (χ0n) is 11.7. The van der Waals surface area contributed by atoms with Crippen LogP contribution in [0.3, 0.4) is 0 Å². The number of anilines is 1. The number of nitrogens with zero attached hydrogens (tertiary/aromatic N) is 1. The molecule has 1 saturated heterocycles. The summed E-state index contributed by atoms with van der Waals surface area (Å²) in [4.78, 5) is 2.40. The van der Waals surface area contributed by atoms with Crippen LogP contribution in [-0.4, -0.2) is 32.3 Å². The molecule has 1 aromatic rings. The Bertz CT molecular complexity index is 415. The molecule has 0 aromatic heterocycles. The van der Waals surface area contributed by atoms with Crippen LogP contribution in [0.4, 0.5) is 5.69 Å². The maximum absolute atomic E-state index is 6.34. The van der Waals surface area contributed by atoms with E-state index in [0.29, 0.717) is 6.10 Å². The highest BCUT2D eigenvalue weighted by molar-refractivity contribution is 6.31. The van der Waals surface area contributed by atoms with Crippen molar-refractivity contribution in [3.63, 3.8) is 0 Å². The average molecular weight is 283 g/mol. The molecule has 0 bridgehead atoms. The molecule has 1 atom stereocenters. The third kappa shape index (κ3) is 3.62. The molecular formula is C15H23ClN2O. The third-order valence-corrected chi connectivity index (χ3v) is 4.09. The van der Waals surface area contributed by atoms with Crippen molar-refractivity contribution in [1.29, 1.82) is 0 Å². The second kappa shape index (κ2) is 6.60. The van der Waals surface area contributed by atoms with Crippen LogP contribution in [0.2, 0.25) is 5.02 Å². The van der Waals surface area contributed by atoms with Gasteiger partial charge in [-0.3, -0.25) is 0 Å². The Morgan fingerprint density at radius 1 is 1.42 bits per heavy atom. The van der Waals surface area contributed by atoms with E-state index >= 15 is 0 Å². The van der Waals surface area contributed by atoms with Crippen LogP contribution in [0.25, 0.3) is 0 Å². The number of halogens is 1. The van der Waals surface area contributed by atoms with Gasteiger partial charge in [-0.1, -0.05) is 17.7 Å². The zero-order valence-corrected chi connectivity index (χ0v) is 12.5. The molecule has 0 amide bonds. The summed E-state index contributed by atoms with van der Waals surface area (Å²) in [6, 6.07) is 6.24. The molecule has 1 unspecified atom stereocenters. The van der Waals surface area contributed by atoms with Crippen LogP contribution in [0.15, 0.2) is 18.2 Å². The van der Waals surface area contributed by atoms with Crippen molar-refractivity contribution in [2.45, 2.75) is 38.3 Å². The predicted octanol–water partition coefficient (Wildman–Crippen LogP) is 2.84. The van der Waals surface area contributed by atoms with Crippen molar-refractivity contribution in [3.8, 4) is 0 Å². The maximum atomic E-state index is 6.34. The van der Waals surface area contributed by atoms with E-state index in [1.807, 2.05) is 19.1 Å². The number of ether oxygens (including phenoxy) is 1. The lowest BCUT2D eigenvalue weighted by atomic mass is 10.0. The highest BCUT2D eigenvalue weighted by Gasteiger charge is 2.21. The number of hydrogen-bond acceptors (Lipinski definition) is 3. The lowest BCUT2D eigenvalue weighted by molar-refractivity contribution is 0.0819. The Labute approximate surface area is 120 Å². The molecule has 0 radical (unpaired) electrons. The van der Waals surface area contributed by atoms with Gasteiger partial charge in [-0.2, -0.15) is 0 Å². The van der Waals surface area contributed by atoms with Gasteiger partial charge in [0.2, 0.25) is 0 Å². The van der Waals surface area contributed by atoms with Gasteiger partial charge >= 0.3 is 0 Å². The first-order valence-electron chi connectivity index (χ1n) is 6.92. The molecule has 1 fully saturated rings. The summed E-state index contributed by atoms with van der Waals surface area (Å²) in [5.74, 6) is 0. The highest BCUT2D eigenvalue weighted by Crippen LogP contribution is 2.30. The molecule has 106 valence electrons. The first-order valence-corrected chi connectivity index (χ1v) is 7.30. The summed E-state index contributed by atoms with van der Waals surface area (Å²) in [6.07, 6.45) is 3.35. The van der Waals surface area contributed by atoms with Crippen LogP contribution in [-0.2, 0) is 11.2 Å². The lowest BCUT2D eigenvalue weighted by Crippen LogP contribution is -2.37. The van der Waals surface area contributed by atoms with E-state index in [9.17, 15) is 0 Å². The summed E-state index contributed by atoms with van der Waals surface area (Å²) in [5, 5.41) is 0.823. The van der Waals surface area contributed by atoms with E-state index < -0.39 is 0 Å². The lowest BCUT2D eigenvalue weighted by Gasteiger charge is -2.34. The van der Waals surface area contributed by atoms with E-state index in [0.717, 1.165) is 37.4 Å². The number of hydrogen-bond donors (Lipinski definition) is 1. The average Bonchev–Trinajstić information content (AvgIpc) is 2.41. The number of rotatable bonds is 4. The molecule has 1 heterocycles. The van der Waals surface area contributed by atoms with Crippen LogP contribution >= 0.6 is 11.6 Å². The second-order valence-electron chi connectivity index (χ2n) is 5.34. The molecule has 0 spiro atoms. The minimum absolute atomic E-state index is 0.121. The number of methoxy groups -OCH3 is 1. The van der Waals surface area contributed by atoms with Crippen molar-refractivity contribution < 1.29 is 4.74 Å². The van der Waals surface area contributed by atoms with Crippen LogP contribution in [0, 0.1) is 0 Å². The Balaban J connectivity index is 2.17. The summed E-state index contributed by atoms with van der Waals surface area (Å²) in [5.41, 5.74) is 8.35. The Kier molecular flexibility index (Phi) is 5.08. The highest BCUT2D eigenvalue weighted by atomic mass is 35.5. The van der Waals surface area contributed by atoms with Gasteiger partial charge in [0.1, 0.15) is 0 Å². The van der Waals surface area contributed by atoms with Crippen molar-refractivity contribution >= 4 is 17.3 Å². The summed E-state index contributed by atoms with van der Waals surface area (Å²) in [6.45, 7) is 4.06. The standard InChI is InChI=1S/C15H23ClN2O/c1-11(17)10-13-14(16)4-3-5-15(13)18-8-6-12(19-2)7-9-18/h3-5,11-12H,6-10,17H2,1-2H3. The summed E-state index contributed by atoms with van der Waals surface area (Å²) < 4.78 is 5.42. The molecular weight excluding hydrogens is 260 g/mol. The van der Waals surface area contributed by atoms with Crippen LogP contribution in [0.5, 0.6) is 0 Å². The third-order valence-electron chi connectivity index (χ3n) is 3.74. The van der Waals surface area contributed by atoms with Gasteiger partial charge in [-0.25, -0.2) is 0 Å². The van der Waals surface area contributed by atoms with Crippen molar-refractivity contribution in [2.75, 3.05) is 25.1 Å². The minimum Gasteiger partial charge on any atom is -0.381 e. The fraction of sp³-hybridized carbons (Fsp3) is 0.600. The smallest absolute Gasteiger partial charge is 0.0605 e. The second-order valence-corrected chi connectivity index (χ2v) is 5.75. The van der Waals surface area contributed by atoms with Gasteiger partial charge < -0.3 is 15.4 Å². The molecule has 4 heteroatoms. The van der Waals surface area contributed by atoms with Crippen molar-refractivity contribution in [2.24, 2.45) is 5.73 Å². The molecule has 1 aromatic carbocycles. The number of piperidine rings is 1. The predicted molar refractivity (Wildman–Crippen MR) is 81.0 cm³/mol. The molecule has 2 N–H and O–H groups in total. The van der Waals surface area contributed by atoms with Gasteiger partial charge in [0, 0.05) is 37.0 Å². The quantitative estimate of drug-likeness (QED) is 0.923. The fourth-order valence-electron chi connectivity index (χ4n) is 2.70. The van der Waals surface area contributed by atoms with Crippen LogP contribution < -0.4 is 10.6 Å². The topological polar surface area (TPSA) is 38.5 Å². The molecule has 0 saturated carbocycles. The summed E-state index contributed by atoms with van der Waals surface area (Å²) >= 11 is 6.34. The maximum Gasteiger partial charge on any atom is 0.0605 e. The first-order chi connectivity index (χ1) is 9.11. The van der Waals surface area contributed by atoms with E-state index in [2.05, 4.69) is 11.0 Å². The van der Waals surface area contributed by atoms with Gasteiger partial charge in [-0.05, 0) is 43.9 Å². The minimum atomic E-state index is 0.121. The number of nitrogens with two attached hydrogens (primary N) is 1. The largest absolute Gasteiger partial charge is 0.381 e. The monoisotopic (exact) mass is 282 g/mol. The van der Waals surface area contributed by atoms with E-state index in [4.69, 9.17) is 22.1 Å². The molecule has 3 nitrogen and oxygen atoms in total. The fourth-order valence-corrected chi connectivity index (χ4v) is 2.95. The Morgan fingerprint density at radius 3 is 2.68 bits per heavy atom. The van der Waals surface area contributed by atoms with Gasteiger partial charge in [0.05, 0.1) is 6.10 Å². The SMILES string of the molecule is COC1CCN(c2cccc(Cl)c2CC(C)N)CC1. The molecule has 1 aliphatic heterocycles. The van der Waals surface area contributed by atoms with Crippen LogP contribution in [0.1, 0.15) is 25.3 Å². The van der Waals surface area contributed by atoms with E-state index in [1.165, 1.54) is 11.3 Å². The van der Waals surface area contributed by atoms with Crippen molar-refractivity contribution in [3.05, 3.63) is 28.8 Å².